The molecule has 0 aliphatic heterocycles. The van der Waals surface area contributed by atoms with E-state index in [1.165, 1.54) is 37.7 Å². The van der Waals surface area contributed by atoms with Gasteiger partial charge in [0.1, 0.15) is 0 Å². The summed E-state index contributed by atoms with van der Waals surface area (Å²) in [6.45, 7) is 5.62. The quantitative estimate of drug-likeness (QED) is 0.793. The summed E-state index contributed by atoms with van der Waals surface area (Å²) in [6, 6.07) is 11.6. The van der Waals surface area contributed by atoms with Gasteiger partial charge in [-0.3, -0.25) is 4.90 Å². The lowest BCUT2D eigenvalue weighted by Crippen LogP contribution is -2.39. The summed E-state index contributed by atoms with van der Waals surface area (Å²) in [7, 11) is 0. The van der Waals surface area contributed by atoms with Crippen LogP contribution in [0.25, 0.3) is 0 Å². The highest BCUT2D eigenvalue weighted by atomic mass is 15.2. The zero-order chi connectivity index (χ0) is 13.7. The third kappa shape index (κ3) is 3.58. The van der Waals surface area contributed by atoms with E-state index in [0.717, 1.165) is 18.2 Å². The Morgan fingerprint density at radius 3 is 2.42 bits per heavy atom. The number of benzene rings is 1. The Balaban J connectivity index is 2.08. The van der Waals surface area contributed by atoms with Crippen molar-refractivity contribution in [1.29, 1.82) is 5.26 Å². The van der Waals surface area contributed by atoms with Crippen molar-refractivity contribution in [3.8, 4) is 6.07 Å². The van der Waals surface area contributed by atoms with Crippen molar-refractivity contribution in [2.75, 3.05) is 0 Å². The molecule has 0 radical (unpaired) electrons. The molecule has 1 aliphatic rings. The third-order valence-electron chi connectivity index (χ3n) is 4.40. The van der Waals surface area contributed by atoms with Gasteiger partial charge in [0.2, 0.25) is 0 Å². The zero-order valence-electron chi connectivity index (χ0n) is 12.1. The summed E-state index contributed by atoms with van der Waals surface area (Å²) in [5.41, 5.74) is 2.07. The fraction of sp³-hybridized carbons (Fsp3) is 0.588. The van der Waals surface area contributed by atoms with E-state index in [0.29, 0.717) is 6.04 Å². The van der Waals surface area contributed by atoms with Gasteiger partial charge in [0.25, 0.3) is 0 Å². The van der Waals surface area contributed by atoms with Gasteiger partial charge in [0.05, 0.1) is 11.6 Å². The van der Waals surface area contributed by atoms with E-state index in [1.807, 2.05) is 12.1 Å². The van der Waals surface area contributed by atoms with Gasteiger partial charge in [0.15, 0.2) is 0 Å². The van der Waals surface area contributed by atoms with Crippen LogP contribution in [0.4, 0.5) is 0 Å². The van der Waals surface area contributed by atoms with Crippen molar-refractivity contribution in [2.24, 2.45) is 0 Å². The second-order valence-electron chi connectivity index (χ2n) is 5.68. The highest BCUT2D eigenvalue weighted by molar-refractivity contribution is 5.31. The monoisotopic (exact) mass is 256 g/mol. The average Bonchev–Trinajstić information content (AvgIpc) is 2.98. The van der Waals surface area contributed by atoms with E-state index in [1.54, 1.807) is 0 Å². The third-order valence-corrected chi connectivity index (χ3v) is 4.40. The molecule has 0 aromatic heterocycles. The topological polar surface area (TPSA) is 27.0 Å². The molecule has 0 heterocycles. The van der Waals surface area contributed by atoms with Gasteiger partial charge < -0.3 is 0 Å². The maximum Gasteiger partial charge on any atom is 0.0991 e. The van der Waals surface area contributed by atoms with Crippen LogP contribution in [0.1, 0.15) is 57.1 Å². The minimum Gasteiger partial charge on any atom is -0.293 e. The molecule has 1 saturated carbocycles. The van der Waals surface area contributed by atoms with Crippen LogP contribution in [0.5, 0.6) is 0 Å². The first kappa shape index (κ1) is 14.1. The molecular weight excluding hydrogens is 232 g/mol. The maximum atomic E-state index is 8.85. The minimum atomic E-state index is 0.638. The van der Waals surface area contributed by atoms with E-state index in [9.17, 15) is 0 Å². The van der Waals surface area contributed by atoms with Crippen molar-refractivity contribution >= 4 is 0 Å². The maximum absolute atomic E-state index is 8.85. The second kappa shape index (κ2) is 6.73. The molecule has 1 aromatic rings. The lowest BCUT2D eigenvalue weighted by molar-refractivity contribution is 0.132. The highest BCUT2D eigenvalue weighted by Gasteiger charge is 2.25. The first-order valence-electron chi connectivity index (χ1n) is 7.49. The van der Waals surface area contributed by atoms with Crippen LogP contribution in [0.3, 0.4) is 0 Å². The van der Waals surface area contributed by atoms with Gasteiger partial charge in [-0.05, 0) is 43.9 Å². The smallest absolute Gasteiger partial charge is 0.0991 e. The number of nitrogens with zero attached hydrogens (tertiary/aromatic N) is 2. The molecule has 2 rings (SSSR count). The van der Waals surface area contributed by atoms with Crippen molar-refractivity contribution in [2.45, 2.75) is 64.6 Å². The van der Waals surface area contributed by atoms with Crippen molar-refractivity contribution in [1.82, 2.24) is 4.90 Å². The van der Waals surface area contributed by atoms with Gasteiger partial charge in [0, 0.05) is 18.6 Å². The molecule has 1 unspecified atom stereocenters. The fourth-order valence-electron chi connectivity index (χ4n) is 3.01. The predicted molar refractivity (Wildman–Crippen MR) is 78.7 cm³/mol. The molecule has 1 fully saturated rings. The zero-order valence-corrected chi connectivity index (χ0v) is 12.1. The Hall–Kier alpha value is -1.33. The first-order valence-corrected chi connectivity index (χ1v) is 7.49. The standard InChI is InChI=1S/C17H24N2/c1-3-14(2)19(17-6-4-5-7-17)13-16-10-8-15(12-18)9-11-16/h8-11,14,17H,3-7,13H2,1-2H3. The summed E-state index contributed by atoms with van der Waals surface area (Å²) < 4.78 is 0. The summed E-state index contributed by atoms with van der Waals surface area (Å²) in [5, 5.41) is 8.85. The Kier molecular flexibility index (Phi) is 4.99. The van der Waals surface area contributed by atoms with Crippen LogP contribution in [0.15, 0.2) is 24.3 Å². The molecule has 0 saturated heterocycles. The van der Waals surface area contributed by atoms with Gasteiger partial charge in [-0.1, -0.05) is 31.9 Å². The molecule has 19 heavy (non-hydrogen) atoms. The molecule has 2 nitrogen and oxygen atoms in total. The van der Waals surface area contributed by atoms with E-state index in [4.69, 9.17) is 5.26 Å². The first-order chi connectivity index (χ1) is 9.24. The Morgan fingerprint density at radius 1 is 1.26 bits per heavy atom. The lowest BCUT2D eigenvalue weighted by Gasteiger charge is -2.34. The highest BCUT2D eigenvalue weighted by Crippen LogP contribution is 2.27. The van der Waals surface area contributed by atoms with Crippen molar-refractivity contribution in [3.05, 3.63) is 35.4 Å². The molecule has 0 spiro atoms. The van der Waals surface area contributed by atoms with Crippen LogP contribution >= 0.6 is 0 Å². The molecule has 0 bridgehead atoms. The SMILES string of the molecule is CCC(C)N(Cc1ccc(C#N)cc1)C1CCCC1. The Labute approximate surface area is 117 Å². The Bertz CT molecular complexity index is 424. The van der Waals surface area contributed by atoms with Crippen molar-refractivity contribution < 1.29 is 0 Å². The van der Waals surface area contributed by atoms with Gasteiger partial charge in [-0.2, -0.15) is 5.26 Å². The van der Waals surface area contributed by atoms with Crippen LogP contribution in [0.2, 0.25) is 0 Å². The fourth-order valence-corrected chi connectivity index (χ4v) is 3.01. The van der Waals surface area contributed by atoms with Gasteiger partial charge in [-0.15, -0.1) is 0 Å². The molecule has 0 N–H and O–H groups in total. The summed E-state index contributed by atoms with van der Waals surface area (Å²) in [6.07, 6.45) is 6.66. The average molecular weight is 256 g/mol. The molecule has 102 valence electrons. The number of hydrogen-bond acceptors (Lipinski definition) is 2. The lowest BCUT2D eigenvalue weighted by atomic mass is 10.1. The van der Waals surface area contributed by atoms with Gasteiger partial charge >= 0.3 is 0 Å². The summed E-state index contributed by atoms with van der Waals surface area (Å²) in [4.78, 5) is 2.66. The number of rotatable bonds is 5. The van der Waals surface area contributed by atoms with E-state index < -0.39 is 0 Å². The van der Waals surface area contributed by atoms with E-state index in [-0.39, 0.29) is 0 Å². The molecule has 0 amide bonds. The number of nitriles is 1. The van der Waals surface area contributed by atoms with E-state index >= 15 is 0 Å². The van der Waals surface area contributed by atoms with Gasteiger partial charge in [-0.25, -0.2) is 0 Å². The van der Waals surface area contributed by atoms with Crippen LogP contribution in [-0.4, -0.2) is 17.0 Å². The van der Waals surface area contributed by atoms with Crippen LogP contribution < -0.4 is 0 Å². The summed E-state index contributed by atoms with van der Waals surface area (Å²) >= 11 is 0. The van der Waals surface area contributed by atoms with E-state index in [2.05, 4.69) is 36.9 Å². The normalized spacial score (nSPS) is 17.6. The second-order valence-corrected chi connectivity index (χ2v) is 5.68. The molecule has 1 atom stereocenters. The molecule has 1 aliphatic carbocycles. The largest absolute Gasteiger partial charge is 0.293 e. The van der Waals surface area contributed by atoms with Crippen LogP contribution in [-0.2, 0) is 6.54 Å². The molecule has 2 heteroatoms. The molecular formula is C17H24N2. The Morgan fingerprint density at radius 2 is 1.89 bits per heavy atom. The molecule has 1 aromatic carbocycles. The predicted octanol–water partition coefficient (Wildman–Crippen LogP) is 4.10. The summed E-state index contributed by atoms with van der Waals surface area (Å²) in [5.74, 6) is 0. The minimum absolute atomic E-state index is 0.638. The van der Waals surface area contributed by atoms with Crippen LogP contribution in [0, 0.1) is 11.3 Å². The van der Waals surface area contributed by atoms with Crippen molar-refractivity contribution in [3.63, 3.8) is 0 Å². The number of hydrogen-bond donors (Lipinski definition) is 0.